The third-order valence-corrected chi connectivity index (χ3v) is 4.78. The zero-order valence-electron chi connectivity index (χ0n) is 15.0. The summed E-state index contributed by atoms with van der Waals surface area (Å²) < 4.78 is 5.29. The molecule has 0 unspecified atom stereocenters. The highest BCUT2D eigenvalue weighted by Gasteiger charge is 2.23. The highest BCUT2D eigenvalue weighted by Crippen LogP contribution is 2.29. The number of rotatable bonds is 4. The van der Waals surface area contributed by atoms with E-state index >= 15 is 0 Å². The standard InChI is InChI=1S/C19H21N3O2S/c1-10(2)17-16(13(5)22-24-17)18(23)21-19-20-15(9-25-19)14-7-6-11(3)8-12(14)4/h6-10H,1-5H3,(H,20,21,23). The predicted octanol–water partition coefficient (Wildman–Crippen LogP) is 5.10. The maximum absolute atomic E-state index is 12.6. The number of carbonyl (C=O) groups is 1. The Kier molecular flexibility index (Phi) is 4.72. The number of anilines is 1. The molecule has 0 spiro atoms. The molecular formula is C19H21N3O2S. The Balaban J connectivity index is 1.84. The number of hydrogen-bond donors (Lipinski definition) is 1. The Morgan fingerprint density at radius 1 is 1.24 bits per heavy atom. The summed E-state index contributed by atoms with van der Waals surface area (Å²) in [4.78, 5) is 17.2. The number of carbonyl (C=O) groups excluding carboxylic acids is 1. The van der Waals surface area contributed by atoms with E-state index in [1.54, 1.807) is 6.92 Å². The summed E-state index contributed by atoms with van der Waals surface area (Å²) in [7, 11) is 0. The minimum atomic E-state index is -0.232. The van der Waals surface area contributed by atoms with Gasteiger partial charge in [-0.2, -0.15) is 0 Å². The second kappa shape index (κ2) is 6.80. The highest BCUT2D eigenvalue weighted by molar-refractivity contribution is 7.14. The number of nitrogens with one attached hydrogen (secondary N) is 1. The molecule has 0 aliphatic heterocycles. The van der Waals surface area contributed by atoms with Gasteiger partial charge in [-0.3, -0.25) is 10.1 Å². The van der Waals surface area contributed by atoms with Crippen LogP contribution in [0.1, 0.15) is 52.7 Å². The second-order valence-electron chi connectivity index (χ2n) is 6.47. The van der Waals surface area contributed by atoms with Crippen molar-refractivity contribution >= 4 is 22.4 Å². The molecule has 25 heavy (non-hydrogen) atoms. The molecule has 3 rings (SSSR count). The van der Waals surface area contributed by atoms with Gasteiger partial charge in [0.25, 0.3) is 5.91 Å². The van der Waals surface area contributed by atoms with E-state index in [9.17, 15) is 4.79 Å². The largest absolute Gasteiger partial charge is 0.360 e. The Morgan fingerprint density at radius 2 is 2.00 bits per heavy atom. The maximum atomic E-state index is 12.6. The molecule has 2 aromatic heterocycles. The lowest BCUT2D eigenvalue weighted by Gasteiger charge is -2.05. The Labute approximate surface area is 151 Å². The van der Waals surface area contributed by atoms with Crippen molar-refractivity contribution in [2.45, 2.75) is 40.5 Å². The van der Waals surface area contributed by atoms with Crippen LogP contribution in [0.25, 0.3) is 11.3 Å². The summed E-state index contributed by atoms with van der Waals surface area (Å²) in [6, 6.07) is 6.25. The van der Waals surface area contributed by atoms with Gasteiger partial charge in [-0.1, -0.05) is 42.8 Å². The monoisotopic (exact) mass is 355 g/mol. The number of amides is 1. The molecule has 0 aliphatic rings. The third kappa shape index (κ3) is 3.49. The maximum Gasteiger partial charge on any atom is 0.262 e. The third-order valence-electron chi connectivity index (χ3n) is 4.02. The quantitative estimate of drug-likeness (QED) is 0.707. The van der Waals surface area contributed by atoms with E-state index in [1.165, 1.54) is 22.5 Å². The normalized spacial score (nSPS) is 11.1. The fraction of sp³-hybridized carbons (Fsp3) is 0.316. The van der Waals surface area contributed by atoms with Crippen LogP contribution in [0.4, 0.5) is 5.13 Å². The van der Waals surface area contributed by atoms with Crippen molar-refractivity contribution in [1.29, 1.82) is 0 Å². The topological polar surface area (TPSA) is 68.0 Å². The molecule has 0 aliphatic carbocycles. The fourth-order valence-corrected chi connectivity index (χ4v) is 3.48. The van der Waals surface area contributed by atoms with Gasteiger partial charge in [0, 0.05) is 16.9 Å². The van der Waals surface area contributed by atoms with E-state index in [-0.39, 0.29) is 11.8 Å². The van der Waals surface area contributed by atoms with Crippen LogP contribution in [-0.4, -0.2) is 16.0 Å². The van der Waals surface area contributed by atoms with E-state index in [4.69, 9.17) is 4.52 Å². The van der Waals surface area contributed by atoms with Crippen LogP contribution in [-0.2, 0) is 0 Å². The summed E-state index contributed by atoms with van der Waals surface area (Å²) in [5.74, 6) is 0.453. The molecule has 0 atom stereocenters. The van der Waals surface area contributed by atoms with Crippen LogP contribution in [0.2, 0.25) is 0 Å². The van der Waals surface area contributed by atoms with Gasteiger partial charge in [0.2, 0.25) is 0 Å². The average molecular weight is 355 g/mol. The number of hydrogen-bond acceptors (Lipinski definition) is 5. The smallest absolute Gasteiger partial charge is 0.262 e. The molecule has 6 heteroatoms. The van der Waals surface area contributed by atoms with Crippen LogP contribution in [0.3, 0.4) is 0 Å². The molecule has 1 aromatic carbocycles. The van der Waals surface area contributed by atoms with Crippen LogP contribution in [0.5, 0.6) is 0 Å². The Bertz CT molecular complexity index is 925. The van der Waals surface area contributed by atoms with Gasteiger partial charge < -0.3 is 4.52 Å². The highest BCUT2D eigenvalue weighted by atomic mass is 32.1. The fourth-order valence-electron chi connectivity index (χ4n) is 2.77. The SMILES string of the molecule is Cc1ccc(-c2csc(NC(=O)c3c(C)noc3C(C)C)n2)c(C)c1. The lowest BCUT2D eigenvalue weighted by molar-refractivity contribution is 0.102. The molecule has 130 valence electrons. The van der Waals surface area contributed by atoms with Crippen molar-refractivity contribution in [1.82, 2.24) is 10.1 Å². The number of aromatic nitrogens is 2. The minimum absolute atomic E-state index is 0.0870. The van der Waals surface area contributed by atoms with Gasteiger partial charge in [0.15, 0.2) is 10.9 Å². The molecule has 3 aromatic rings. The summed E-state index contributed by atoms with van der Waals surface area (Å²) >= 11 is 1.41. The molecule has 1 amide bonds. The molecule has 0 bridgehead atoms. The van der Waals surface area contributed by atoms with Crippen molar-refractivity contribution in [3.05, 3.63) is 51.7 Å². The van der Waals surface area contributed by atoms with Gasteiger partial charge >= 0.3 is 0 Å². The van der Waals surface area contributed by atoms with Crippen molar-refractivity contribution in [2.75, 3.05) is 5.32 Å². The first kappa shape index (κ1) is 17.4. The van der Waals surface area contributed by atoms with Crippen molar-refractivity contribution < 1.29 is 9.32 Å². The predicted molar refractivity (Wildman–Crippen MR) is 100 cm³/mol. The van der Waals surface area contributed by atoms with E-state index in [0.717, 1.165) is 11.3 Å². The van der Waals surface area contributed by atoms with Crippen molar-refractivity contribution in [3.8, 4) is 11.3 Å². The molecule has 2 heterocycles. The molecular weight excluding hydrogens is 334 g/mol. The molecule has 5 nitrogen and oxygen atoms in total. The van der Waals surface area contributed by atoms with Gasteiger partial charge in [0.1, 0.15) is 5.56 Å². The second-order valence-corrected chi connectivity index (χ2v) is 7.33. The molecule has 0 radical (unpaired) electrons. The van der Waals surface area contributed by atoms with Crippen LogP contribution in [0.15, 0.2) is 28.1 Å². The first-order valence-corrected chi connectivity index (χ1v) is 9.05. The van der Waals surface area contributed by atoms with E-state index in [1.807, 2.05) is 19.2 Å². The minimum Gasteiger partial charge on any atom is -0.360 e. The number of nitrogens with zero attached hydrogens (tertiary/aromatic N) is 2. The lowest BCUT2D eigenvalue weighted by Crippen LogP contribution is -2.14. The zero-order chi connectivity index (χ0) is 18.1. The zero-order valence-corrected chi connectivity index (χ0v) is 15.8. The molecule has 0 fully saturated rings. The number of thiazole rings is 1. The van der Waals surface area contributed by atoms with E-state index in [0.29, 0.717) is 22.1 Å². The number of benzene rings is 1. The van der Waals surface area contributed by atoms with Crippen molar-refractivity contribution in [3.63, 3.8) is 0 Å². The van der Waals surface area contributed by atoms with Crippen molar-refractivity contribution in [2.24, 2.45) is 0 Å². The molecule has 1 N–H and O–H groups in total. The first-order chi connectivity index (χ1) is 11.9. The van der Waals surface area contributed by atoms with E-state index in [2.05, 4.69) is 47.5 Å². The molecule has 0 saturated heterocycles. The Hall–Kier alpha value is -2.47. The van der Waals surface area contributed by atoms with Gasteiger partial charge in [0.05, 0.1) is 11.4 Å². The lowest BCUT2D eigenvalue weighted by atomic mass is 10.0. The summed E-state index contributed by atoms with van der Waals surface area (Å²) in [5.41, 5.74) is 5.41. The molecule has 0 saturated carbocycles. The first-order valence-electron chi connectivity index (χ1n) is 8.17. The van der Waals surface area contributed by atoms with Gasteiger partial charge in [-0.15, -0.1) is 11.3 Å². The summed E-state index contributed by atoms with van der Waals surface area (Å²) in [5, 5.41) is 9.31. The summed E-state index contributed by atoms with van der Waals surface area (Å²) in [6.45, 7) is 9.84. The van der Waals surface area contributed by atoms with Crippen LogP contribution in [0, 0.1) is 20.8 Å². The van der Waals surface area contributed by atoms with Crippen LogP contribution >= 0.6 is 11.3 Å². The average Bonchev–Trinajstić information content (AvgIpc) is 3.14. The van der Waals surface area contributed by atoms with Gasteiger partial charge in [-0.25, -0.2) is 4.98 Å². The summed E-state index contributed by atoms with van der Waals surface area (Å²) in [6.07, 6.45) is 0. The van der Waals surface area contributed by atoms with Gasteiger partial charge in [-0.05, 0) is 26.3 Å². The Morgan fingerprint density at radius 3 is 2.68 bits per heavy atom. The van der Waals surface area contributed by atoms with Crippen LogP contribution < -0.4 is 5.32 Å². The van der Waals surface area contributed by atoms with E-state index < -0.39 is 0 Å². The number of aryl methyl sites for hydroxylation is 3.